The molecule has 0 radical (unpaired) electrons. The van der Waals surface area contributed by atoms with Gasteiger partial charge in [-0.2, -0.15) is 0 Å². The number of hydrogen-bond acceptors (Lipinski definition) is 3. The predicted molar refractivity (Wildman–Crippen MR) is 61.5 cm³/mol. The molecule has 0 aliphatic rings. The summed E-state index contributed by atoms with van der Waals surface area (Å²) < 4.78 is 36.6. The first-order valence-corrected chi connectivity index (χ1v) is 6.77. The Labute approximate surface area is 95.4 Å². The largest absolute Gasteiger partial charge is 0.325 e. The van der Waals surface area contributed by atoms with E-state index in [1.54, 1.807) is 13.8 Å². The molecule has 0 fully saturated rings. The Kier molecular flexibility index (Phi) is 3.40. The molecule has 0 unspecified atom stereocenters. The van der Waals surface area contributed by atoms with Gasteiger partial charge >= 0.3 is 0 Å². The molecule has 0 spiro atoms. The van der Waals surface area contributed by atoms with Crippen molar-refractivity contribution in [1.82, 2.24) is 0 Å². The van der Waals surface area contributed by atoms with Crippen LogP contribution in [0, 0.1) is 5.82 Å². The first-order valence-electron chi connectivity index (χ1n) is 4.87. The molecule has 1 rings (SSSR count). The van der Waals surface area contributed by atoms with Crippen molar-refractivity contribution in [2.75, 3.05) is 6.26 Å². The van der Waals surface area contributed by atoms with Gasteiger partial charge < -0.3 is 5.73 Å². The summed E-state index contributed by atoms with van der Waals surface area (Å²) in [7, 11) is -3.42. The van der Waals surface area contributed by atoms with E-state index < -0.39 is 21.2 Å². The van der Waals surface area contributed by atoms with Crippen molar-refractivity contribution < 1.29 is 12.8 Å². The van der Waals surface area contributed by atoms with Gasteiger partial charge in [-0.1, -0.05) is 6.07 Å². The number of benzene rings is 1. The zero-order chi connectivity index (χ0) is 12.6. The fourth-order valence-corrected chi connectivity index (χ4v) is 2.46. The second-order valence-electron chi connectivity index (χ2n) is 4.65. The van der Waals surface area contributed by atoms with Gasteiger partial charge in [-0.3, -0.25) is 0 Å². The average molecular weight is 245 g/mol. The van der Waals surface area contributed by atoms with E-state index in [9.17, 15) is 12.8 Å². The molecule has 0 atom stereocenters. The third kappa shape index (κ3) is 3.28. The lowest BCUT2D eigenvalue weighted by molar-refractivity contribution is 0.489. The highest BCUT2D eigenvalue weighted by molar-refractivity contribution is 7.90. The molecule has 0 saturated heterocycles. The Bertz CT molecular complexity index is 489. The minimum Gasteiger partial charge on any atom is -0.325 e. The zero-order valence-electron chi connectivity index (χ0n) is 9.62. The van der Waals surface area contributed by atoms with E-state index in [0.717, 1.165) is 6.26 Å². The summed E-state index contributed by atoms with van der Waals surface area (Å²) in [6.45, 7) is 3.46. The molecule has 16 heavy (non-hydrogen) atoms. The fourth-order valence-electron chi connectivity index (χ4n) is 1.51. The maximum atomic E-state index is 13.6. The van der Waals surface area contributed by atoms with Gasteiger partial charge in [0.25, 0.3) is 0 Å². The van der Waals surface area contributed by atoms with Gasteiger partial charge in [0.2, 0.25) is 0 Å². The number of hydrogen-bond donors (Lipinski definition) is 1. The van der Waals surface area contributed by atoms with Crippen LogP contribution >= 0.6 is 0 Å². The van der Waals surface area contributed by atoms with E-state index in [0.29, 0.717) is 0 Å². The number of rotatable bonds is 3. The molecule has 1 aromatic rings. The summed E-state index contributed by atoms with van der Waals surface area (Å²) in [4.78, 5) is 0.0195. The van der Waals surface area contributed by atoms with Crippen LogP contribution in [-0.2, 0) is 16.3 Å². The molecule has 0 heterocycles. The maximum absolute atomic E-state index is 13.6. The molecule has 1 aromatic carbocycles. The maximum Gasteiger partial charge on any atom is 0.175 e. The number of sulfone groups is 1. The van der Waals surface area contributed by atoms with Gasteiger partial charge in [-0.05, 0) is 32.4 Å². The molecule has 0 saturated carbocycles. The second-order valence-corrected chi connectivity index (χ2v) is 6.64. The quantitative estimate of drug-likeness (QED) is 0.878. The summed E-state index contributed by atoms with van der Waals surface area (Å²) in [5, 5.41) is 0. The van der Waals surface area contributed by atoms with E-state index in [1.165, 1.54) is 18.2 Å². The van der Waals surface area contributed by atoms with Crippen LogP contribution in [0.1, 0.15) is 19.4 Å². The summed E-state index contributed by atoms with van der Waals surface area (Å²) >= 11 is 0. The number of halogens is 1. The molecule has 5 heteroatoms. The smallest absolute Gasteiger partial charge is 0.175 e. The molecule has 0 aromatic heterocycles. The first-order chi connectivity index (χ1) is 7.11. The van der Waals surface area contributed by atoms with Crippen molar-refractivity contribution in [2.24, 2.45) is 5.73 Å². The van der Waals surface area contributed by atoms with Crippen molar-refractivity contribution >= 4 is 9.84 Å². The average Bonchev–Trinajstić information content (AvgIpc) is 2.04. The van der Waals surface area contributed by atoms with Crippen LogP contribution in [0.4, 0.5) is 4.39 Å². The van der Waals surface area contributed by atoms with Gasteiger partial charge in [0, 0.05) is 17.4 Å². The lowest BCUT2D eigenvalue weighted by Crippen LogP contribution is -2.35. The highest BCUT2D eigenvalue weighted by Crippen LogP contribution is 2.22. The first kappa shape index (κ1) is 13.1. The van der Waals surface area contributed by atoms with Gasteiger partial charge in [0.1, 0.15) is 5.82 Å². The third-order valence-corrected chi connectivity index (χ3v) is 3.29. The minimum atomic E-state index is -3.42. The summed E-state index contributed by atoms with van der Waals surface area (Å²) in [5.41, 5.74) is 5.30. The van der Waals surface area contributed by atoms with Gasteiger partial charge in [-0.15, -0.1) is 0 Å². The summed E-state index contributed by atoms with van der Waals surface area (Å²) in [6.07, 6.45) is 1.25. The summed E-state index contributed by atoms with van der Waals surface area (Å²) in [5.74, 6) is -0.526. The summed E-state index contributed by atoms with van der Waals surface area (Å²) in [6, 6.07) is 4.04. The second kappa shape index (κ2) is 4.14. The SMILES string of the molecule is CC(C)(N)Cc1c(F)cccc1S(C)(=O)=O. The van der Waals surface area contributed by atoms with Gasteiger partial charge in [0.05, 0.1) is 4.90 Å². The Morgan fingerprint density at radius 2 is 1.94 bits per heavy atom. The Balaban J connectivity index is 3.36. The Morgan fingerprint density at radius 1 is 1.38 bits per heavy atom. The molecule has 0 bridgehead atoms. The lowest BCUT2D eigenvalue weighted by Gasteiger charge is -2.20. The van der Waals surface area contributed by atoms with Crippen LogP contribution in [0.25, 0.3) is 0 Å². The molecule has 0 aliphatic carbocycles. The van der Waals surface area contributed by atoms with Gasteiger partial charge in [-0.25, -0.2) is 12.8 Å². The van der Waals surface area contributed by atoms with Crippen molar-refractivity contribution in [1.29, 1.82) is 0 Å². The predicted octanol–water partition coefficient (Wildman–Crippen LogP) is 1.51. The molecule has 0 amide bonds. The van der Waals surface area contributed by atoms with Crippen LogP contribution in [0.15, 0.2) is 23.1 Å². The van der Waals surface area contributed by atoms with Gasteiger partial charge in [0.15, 0.2) is 9.84 Å². The normalized spacial score (nSPS) is 12.8. The highest BCUT2D eigenvalue weighted by atomic mass is 32.2. The standard InChI is InChI=1S/C11H16FNO2S/c1-11(2,13)7-8-9(12)5-4-6-10(8)16(3,14)15/h4-6H,7,13H2,1-3H3. The van der Waals surface area contributed by atoms with Crippen molar-refractivity contribution in [3.8, 4) is 0 Å². The van der Waals surface area contributed by atoms with Crippen molar-refractivity contribution in [2.45, 2.75) is 30.7 Å². The molecular weight excluding hydrogens is 229 g/mol. The molecule has 0 aliphatic heterocycles. The van der Waals surface area contributed by atoms with Crippen LogP contribution in [0.3, 0.4) is 0 Å². The molecule has 90 valence electrons. The Hall–Kier alpha value is -0.940. The van der Waals surface area contributed by atoms with Crippen LogP contribution in [0.5, 0.6) is 0 Å². The van der Waals surface area contributed by atoms with E-state index in [1.807, 2.05) is 0 Å². The van der Waals surface area contributed by atoms with E-state index in [2.05, 4.69) is 0 Å². The molecular formula is C11H16FNO2S. The van der Waals surface area contributed by atoms with Crippen LogP contribution < -0.4 is 5.73 Å². The monoisotopic (exact) mass is 245 g/mol. The van der Waals surface area contributed by atoms with E-state index in [4.69, 9.17) is 5.73 Å². The lowest BCUT2D eigenvalue weighted by atomic mass is 9.96. The zero-order valence-corrected chi connectivity index (χ0v) is 10.4. The molecule has 3 nitrogen and oxygen atoms in total. The highest BCUT2D eigenvalue weighted by Gasteiger charge is 2.21. The van der Waals surface area contributed by atoms with Crippen molar-refractivity contribution in [3.05, 3.63) is 29.6 Å². The van der Waals surface area contributed by atoms with E-state index in [-0.39, 0.29) is 16.9 Å². The third-order valence-electron chi connectivity index (χ3n) is 2.11. The fraction of sp³-hybridized carbons (Fsp3) is 0.455. The Morgan fingerprint density at radius 3 is 2.38 bits per heavy atom. The topological polar surface area (TPSA) is 60.2 Å². The van der Waals surface area contributed by atoms with Crippen LogP contribution in [-0.4, -0.2) is 20.2 Å². The van der Waals surface area contributed by atoms with Crippen LogP contribution in [0.2, 0.25) is 0 Å². The minimum absolute atomic E-state index is 0.0195. The van der Waals surface area contributed by atoms with E-state index >= 15 is 0 Å². The van der Waals surface area contributed by atoms with Crippen molar-refractivity contribution in [3.63, 3.8) is 0 Å². The molecule has 2 N–H and O–H groups in total. The number of nitrogens with two attached hydrogens (primary N) is 1.